The van der Waals surface area contributed by atoms with Gasteiger partial charge in [0.2, 0.25) is 0 Å². The van der Waals surface area contributed by atoms with E-state index in [1.165, 1.54) is 6.07 Å². The average Bonchev–Trinajstić information content (AvgIpc) is 2.20. The van der Waals surface area contributed by atoms with E-state index in [0.717, 1.165) is 5.56 Å². The minimum absolute atomic E-state index is 0.321. The predicted octanol–water partition coefficient (Wildman–Crippen LogP) is 3.12. The largest absolute Gasteiger partial charge is 0.443 e. The van der Waals surface area contributed by atoms with Crippen LogP contribution in [0.3, 0.4) is 0 Å². The van der Waals surface area contributed by atoms with Crippen LogP contribution in [0.15, 0.2) is 22.7 Å². The molecule has 0 saturated carbocycles. The molecule has 0 aliphatic heterocycles. The lowest BCUT2D eigenvalue weighted by Gasteiger charge is -2.19. The van der Waals surface area contributed by atoms with Gasteiger partial charge in [-0.2, -0.15) is 0 Å². The summed E-state index contributed by atoms with van der Waals surface area (Å²) in [5.41, 5.74) is 5.40. The Hall–Kier alpha value is -1.14. The van der Waals surface area contributed by atoms with Crippen LogP contribution in [0.1, 0.15) is 26.3 Å². The number of nitrogens with one attached hydrogen (secondary N) is 2. The maximum Gasteiger partial charge on any atom is 0.422 e. The second-order valence-electron chi connectivity index (χ2n) is 4.73. The number of benzene rings is 1. The van der Waals surface area contributed by atoms with Crippen molar-refractivity contribution in [3.8, 4) is 0 Å². The molecule has 2 N–H and O–H groups in total. The van der Waals surface area contributed by atoms with Gasteiger partial charge in [0.05, 0.1) is 4.47 Å². The third-order valence-electron chi connectivity index (χ3n) is 1.87. The number of hydrogen-bond donors (Lipinski definition) is 2. The van der Waals surface area contributed by atoms with E-state index in [1.54, 1.807) is 32.9 Å². The third kappa shape index (κ3) is 5.46. The van der Waals surface area contributed by atoms with Crippen LogP contribution in [0.4, 0.5) is 9.18 Å². The van der Waals surface area contributed by atoms with Gasteiger partial charge in [0, 0.05) is 6.54 Å². The van der Waals surface area contributed by atoms with Crippen molar-refractivity contribution in [2.24, 2.45) is 0 Å². The van der Waals surface area contributed by atoms with Gasteiger partial charge in [0.1, 0.15) is 11.4 Å². The Morgan fingerprint density at radius 2 is 2.11 bits per heavy atom. The first-order chi connectivity index (χ1) is 8.28. The van der Waals surface area contributed by atoms with Gasteiger partial charge < -0.3 is 4.74 Å². The van der Waals surface area contributed by atoms with Crippen LogP contribution in [0, 0.1) is 5.82 Å². The van der Waals surface area contributed by atoms with E-state index >= 15 is 0 Å². The van der Waals surface area contributed by atoms with Crippen LogP contribution in [-0.2, 0) is 11.3 Å². The quantitative estimate of drug-likeness (QED) is 0.842. The molecular formula is C12H16BrFN2O2. The summed E-state index contributed by atoms with van der Waals surface area (Å²) in [5, 5.41) is 0. The minimum atomic E-state index is -0.552. The molecule has 1 amide bonds. The Morgan fingerprint density at radius 3 is 2.67 bits per heavy atom. The van der Waals surface area contributed by atoms with Crippen molar-refractivity contribution >= 4 is 22.0 Å². The molecule has 0 aliphatic carbocycles. The highest BCUT2D eigenvalue weighted by molar-refractivity contribution is 9.10. The summed E-state index contributed by atoms with van der Waals surface area (Å²) in [4.78, 5) is 11.3. The Kier molecular flexibility index (Phi) is 5.10. The van der Waals surface area contributed by atoms with E-state index in [0.29, 0.717) is 11.0 Å². The second kappa shape index (κ2) is 6.15. The Labute approximate surface area is 114 Å². The van der Waals surface area contributed by atoms with Crippen molar-refractivity contribution in [3.05, 3.63) is 34.1 Å². The first-order valence-electron chi connectivity index (χ1n) is 5.44. The van der Waals surface area contributed by atoms with Crippen molar-refractivity contribution in [1.29, 1.82) is 0 Å². The van der Waals surface area contributed by atoms with Gasteiger partial charge in [0.15, 0.2) is 0 Å². The van der Waals surface area contributed by atoms with Gasteiger partial charge in [-0.25, -0.2) is 14.6 Å². The summed E-state index contributed by atoms with van der Waals surface area (Å²) in [7, 11) is 0. The molecule has 0 spiro atoms. The smallest absolute Gasteiger partial charge is 0.422 e. The summed E-state index contributed by atoms with van der Waals surface area (Å²) in [6.07, 6.45) is -0.552. The number of amides is 1. The van der Waals surface area contributed by atoms with Crippen molar-refractivity contribution < 1.29 is 13.9 Å². The third-order valence-corrected chi connectivity index (χ3v) is 2.47. The highest BCUT2D eigenvalue weighted by Gasteiger charge is 2.15. The fourth-order valence-electron chi connectivity index (χ4n) is 1.17. The normalized spacial score (nSPS) is 11.2. The number of hydrogen-bond acceptors (Lipinski definition) is 3. The summed E-state index contributed by atoms with van der Waals surface area (Å²) in [6, 6.07) is 4.62. The predicted molar refractivity (Wildman–Crippen MR) is 70.3 cm³/mol. The molecule has 0 aromatic heterocycles. The second-order valence-corrected chi connectivity index (χ2v) is 5.58. The Morgan fingerprint density at radius 1 is 1.44 bits per heavy atom. The molecule has 0 aliphatic rings. The zero-order chi connectivity index (χ0) is 13.8. The molecule has 4 nitrogen and oxygen atoms in total. The van der Waals surface area contributed by atoms with Gasteiger partial charge in [0.25, 0.3) is 0 Å². The van der Waals surface area contributed by atoms with Gasteiger partial charge >= 0.3 is 6.09 Å². The Balaban J connectivity index is 2.38. The summed E-state index contributed by atoms with van der Waals surface area (Å²) in [6.45, 7) is 5.72. The van der Waals surface area contributed by atoms with Crippen LogP contribution in [-0.4, -0.2) is 11.7 Å². The van der Waals surface area contributed by atoms with Crippen molar-refractivity contribution in [3.63, 3.8) is 0 Å². The standard InChI is InChI=1S/C12H16BrFN2O2/c1-12(2,3)18-11(17)16-15-7-8-4-5-10(14)9(13)6-8/h4-6,15H,7H2,1-3H3,(H,16,17). The zero-order valence-corrected chi connectivity index (χ0v) is 12.1. The van der Waals surface area contributed by atoms with Crippen LogP contribution in [0.2, 0.25) is 0 Å². The molecule has 18 heavy (non-hydrogen) atoms. The number of carbonyl (C=O) groups is 1. The molecule has 0 fully saturated rings. The van der Waals surface area contributed by atoms with Crippen molar-refractivity contribution in [1.82, 2.24) is 10.9 Å². The molecular weight excluding hydrogens is 303 g/mol. The van der Waals surface area contributed by atoms with Crippen LogP contribution in [0.5, 0.6) is 0 Å². The van der Waals surface area contributed by atoms with E-state index < -0.39 is 11.7 Å². The molecule has 0 unspecified atom stereocenters. The van der Waals surface area contributed by atoms with E-state index in [4.69, 9.17) is 4.74 Å². The summed E-state index contributed by atoms with van der Waals surface area (Å²) < 4.78 is 18.4. The highest BCUT2D eigenvalue weighted by Crippen LogP contribution is 2.16. The SMILES string of the molecule is CC(C)(C)OC(=O)NNCc1ccc(F)c(Br)c1. The first kappa shape index (κ1) is 14.9. The topological polar surface area (TPSA) is 50.4 Å². The number of hydrazine groups is 1. The number of halogens is 2. The van der Waals surface area contributed by atoms with Gasteiger partial charge in [-0.3, -0.25) is 5.43 Å². The van der Waals surface area contributed by atoms with E-state index in [9.17, 15) is 9.18 Å². The summed E-state index contributed by atoms with van der Waals surface area (Å²) >= 11 is 3.09. The minimum Gasteiger partial charge on any atom is -0.443 e. The molecule has 1 aromatic rings. The summed E-state index contributed by atoms with van der Waals surface area (Å²) in [5.74, 6) is -0.321. The molecule has 0 bridgehead atoms. The lowest BCUT2D eigenvalue weighted by atomic mass is 10.2. The van der Waals surface area contributed by atoms with Gasteiger partial charge in [-0.15, -0.1) is 0 Å². The van der Waals surface area contributed by atoms with Crippen molar-refractivity contribution in [2.45, 2.75) is 32.9 Å². The monoisotopic (exact) mass is 318 g/mol. The lowest BCUT2D eigenvalue weighted by Crippen LogP contribution is -2.40. The van der Waals surface area contributed by atoms with Gasteiger partial charge in [-0.05, 0) is 54.4 Å². The Bertz CT molecular complexity index is 433. The molecule has 0 heterocycles. The molecule has 0 saturated heterocycles. The number of carbonyl (C=O) groups excluding carboxylic acids is 1. The fraction of sp³-hybridized carbons (Fsp3) is 0.417. The highest BCUT2D eigenvalue weighted by atomic mass is 79.9. The van der Waals surface area contributed by atoms with E-state index in [1.807, 2.05) is 0 Å². The van der Waals surface area contributed by atoms with Gasteiger partial charge in [-0.1, -0.05) is 6.07 Å². The average molecular weight is 319 g/mol. The van der Waals surface area contributed by atoms with E-state index in [-0.39, 0.29) is 5.82 Å². The van der Waals surface area contributed by atoms with Crippen LogP contribution in [0.25, 0.3) is 0 Å². The van der Waals surface area contributed by atoms with Crippen LogP contribution < -0.4 is 10.9 Å². The molecule has 0 radical (unpaired) electrons. The molecule has 0 atom stereocenters. The zero-order valence-electron chi connectivity index (χ0n) is 10.5. The van der Waals surface area contributed by atoms with E-state index in [2.05, 4.69) is 26.8 Å². The fourth-order valence-corrected chi connectivity index (χ4v) is 1.60. The lowest BCUT2D eigenvalue weighted by molar-refractivity contribution is 0.0497. The molecule has 100 valence electrons. The molecule has 6 heteroatoms. The number of rotatable bonds is 3. The molecule has 1 rings (SSSR count). The molecule has 1 aromatic carbocycles. The maximum absolute atomic E-state index is 13.0. The maximum atomic E-state index is 13.0. The van der Waals surface area contributed by atoms with Crippen molar-refractivity contribution in [2.75, 3.05) is 0 Å². The first-order valence-corrected chi connectivity index (χ1v) is 6.23. The van der Waals surface area contributed by atoms with Crippen LogP contribution >= 0.6 is 15.9 Å². The number of ether oxygens (including phenoxy) is 1.